The standard InChI is InChI=1S/C21H23ClN2O2/c22-19-13-15(9-12-24-10-1-2-11-24)3-8-18(19)16-4-6-17(7-5-16)20-14-26-21(25)23-20/h3-8,13,20H,1-2,9-12,14H2,(H,23,25). The summed E-state index contributed by atoms with van der Waals surface area (Å²) in [5.41, 5.74) is 4.44. The molecule has 2 fully saturated rings. The predicted octanol–water partition coefficient (Wildman–Crippen LogP) is 4.43. The van der Waals surface area contributed by atoms with Crippen LogP contribution in [0.4, 0.5) is 4.79 Å². The third kappa shape index (κ3) is 3.87. The van der Waals surface area contributed by atoms with Crippen LogP contribution in [0.1, 0.15) is 30.0 Å². The van der Waals surface area contributed by atoms with Crippen LogP contribution in [0.15, 0.2) is 42.5 Å². The molecule has 0 bridgehead atoms. The van der Waals surface area contributed by atoms with E-state index in [-0.39, 0.29) is 12.1 Å². The maximum Gasteiger partial charge on any atom is 0.407 e. The largest absolute Gasteiger partial charge is 0.447 e. The Morgan fingerprint density at radius 3 is 2.54 bits per heavy atom. The van der Waals surface area contributed by atoms with Crippen molar-refractivity contribution >= 4 is 17.7 Å². The number of likely N-dealkylation sites (tertiary alicyclic amines) is 1. The van der Waals surface area contributed by atoms with Crippen LogP contribution in [-0.2, 0) is 11.2 Å². The molecule has 1 N–H and O–H groups in total. The molecule has 2 aliphatic rings. The lowest BCUT2D eigenvalue weighted by molar-refractivity contribution is 0.177. The number of nitrogens with one attached hydrogen (secondary N) is 1. The molecule has 0 spiro atoms. The zero-order chi connectivity index (χ0) is 17.9. The van der Waals surface area contributed by atoms with Crippen molar-refractivity contribution in [2.75, 3.05) is 26.2 Å². The first kappa shape index (κ1) is 17.4. The average molecular weight is 371 g/mol. The minimum atomic E-state index is -0.355. The summed E-state index contributed by atoms with van der Waals surface area (Å²) < 4.78 is 4.95. The zero-order valence-electron chi connectivity index (χ0n) is 14.7. The summed E-state index contributed by atoms with van der Waals surface area (Å²) in [6.45, 7) is 3.94. The smallest absolute Gasteiger partial charge is 0.407 e. The van der Waals surface area contributed by atoms with Crippen molar-refractivity contribution < 1.29 is 9.53 Å². The Balaban J connectivity index is 1.44. The lowest BCUT2D eigenvalue weighted by Gasteiger charge is -2.15. The van der Waals surface area contributed by atoms with Gasteiger partial charge < -0.3 is 15.0 Å². The molecule has 2 aromatic carbocycles. The summed E-state index contributed by atoms with van der Waals surface area (Å²) in [5, 5.41) is 3.58. The van der Waals surface area contributed by atoms with E-state index in [4.69, 9.17) is 16.3 Å². The molecule has 0 radical (unpaired) electrons. The van der Waals surface area contributed by atoms with E-state index in [1.54, 1.807) is 0 Å². The Labute approximate surface area is 159 Å². The Morgan fingerprint density at radius 1 is 1.12 bits per heavy atom. The van der Waals surface area contributed by atoms with E-state index in [1.807, 2.05) is 24.3 Å². The molecule has 1 amide bonds. The van der Waals surface area contributed by atoms with Crippen molar-refractivity contribution in [1.82, 2.24) is 10.2 Å². The second-order valence-electron chi connectivity index (χ2n) is 7.03. The molecule has 2 heterocycles. The SMILES string of the molecule is O=C1NC(c2ccc(-c3ccc(CCN4CCCC4)cc3Cl)cc2)CO1. The number of carbonyl (C=O) groups is 1. The molecule has 0 aromatic heterocycles. The summed E-state index contributed by atoms with van der Waals surface area (Å²) in [6.07, 6.45) is 3.34. The lowest BCUT2D eigenvalue weighted by Crippen LogP contribution is -2.21. The van der Waals surface area contributed by atoms with Gasteiger partial charge in [0.15, 0.2) is 0 Å². The number of carbonyl (C=O) groups excluding carboxylic acids is 1. The number of ether oxygens (including phenoxy) is 1. The lowest BCUT2D eigenvalue weighted by atomic mass is 9.99. The number of alkyl carbamates (subject to hydrolysis) is 1. The monoisotopic (exact) mass is 370 g/mol. The number of rotatable bonds is 5. The van der Waals surface area contributed by atoms with Crippen molar-refractivity contribution in [1.29, 1.82) is 0 Å². The molecule has 4 nitrogen and oxygen atoms in total. The summed E-state index contributed by atoms with van der Waals surface area (Å²) in [4.78, 5) is 13.7. The fraction of sp³-hybridized carbons (Fsp3) is 0.381. The predicted molar refractivity (Wildman–Crippen MR) is 103 cm³/mol. The van der Waals surface area contributed by atoms with Crippen molar-refractivity contribution in [3.05, 3.63) is 58.6 Å². The van der Waals surface area contributed by atoms with Gasteiger partial charge in [0.25, 0.3) is 0 Å². The Hall–Kier alpha value is -2.04. The molecular formula is C21H23ClN2O2. The van der Waals surface area contributed by atoms with Crippen LogP contribution in [0.25, 0.3) is 11.1 Å². The number of amides is 1. The van der Waals surface area contributed by atoms with Gasteiger partial charge in [-0.25, -0.2) is 4.79 Å². The molecule has 1 atom stereocenters. The van der Waals surface area contributed by atoms with Crippen LogP contribution in [0.3, 0.4) is 0 Å². The van der Waals surface area contributed by atoms with E-state index in [2.05, 4.69) is 28.4 Å². The fourth-order valence-corrected chi connectivity index (χ4v) is 4.01. The van der Waals surface area contributed by atoms with E-state index >= 15 is 0 Å². The molecule has 0 aliphatic carbocycles. The molecular weight excluding hydrogens is 348 g/mol. The first-order chi connectivity index (χ1) is 12.7. The normalized spacial score (nSPS) is 20.2. The van der Waals surface area contributed by atoms with Crippen LogP contribution >= 0.6 is 11.6 Å². The summed E-state index contributed by atoms with van der Waals surface area (Å²) in [6, 6.07) is 14.4. The van der Waals surface area contributed by atoms with E-state index in [0.29, 0.717) is 6.61 Å². The highest BCUT2D eigenvalue weighted by atomic mass is 35.5. The fourth-order valence-electron chi connectivity index (χ4n) is 3.70. The van der Waals surface area contributed by atoms with Gasteiger partial charge in [-0.2, -0.15) is 0 Å². The average Bonchev–Trinajstić information content (AvgIpc) is 3.32. The van der Waals surface area contributed by atoms with Crippen LogP contribution in [0, 0.1) is 0 Å². The Morgan fingerprint density at radius 2 is 1.88 bits per heavy atom. The van der Waals surface area contributed by atoms with Gasteiger partial charge in [0.1, 0.15) is 6.61 Å². The first-order valence-corrected chi connectivity index (χ1v) is 9.61. The Bertz CT molecular complexity index is 785. The minimum Gasteiger partial charge on any atom is -0.447 e. The summed E-state index contributed by atoms with van der Waals surface area (Å²) in [5.74, 6) is 0. The second-order valence-corrected chi connectivity index (χ2v) is 7.44. The molecule has 0 saturated carbocycles. The highest BCUT2D eigenvalue weighted by Gasteiger charge is 2.23. The molecule has 2 aromatic rings. The maximum absolute atomic E-state index is 11.2. The summed E-state index contributed by atoms with van der Waals surface area (Å²) in [7, 11) is 0. The van der Waals surface area contributed by atoms with Crippen LogP contribution in [-0.4, -0.2) is 37.2 Å². The van der Waals surface area contributed by atoms with Gasteiger partial charge in [-0.15, -0.1) is 0 Å². The van der Waals surface area contributed by atoms with Gasteiger partial charge in [0.05, 0.1) is 6.04 Å². The van der Waals surface area contributed by atoms with Gasteiger partial charge in [-0.05, 0) is 55.1 Å². The van der Waals surface area contributed by atoms with Crippen LogP contribution < -0.4 is 5.32 Å². The van der Waals surface area contributed by atoms with Gasteiger partial charge in [-0.3, -0.25) is 0 Å². The number of nitrogens with zero attached hydrogens (tertiary/aromatic N) is 1. The topological polar surface area (TPSA) is 41.6 Å². The molecule has 2 aliphatic heterocycles. The van der Waals surface area contributed by atoms with Gasteiger partial charge in [0, 0.05) is 17.1 Å². The van der Waals surface area contributed by atoms with Crippen LogP contribution in [0.5, 0.6) is 0 Å². The molecule has 1 unspecified atom stereocenters. The molecule has 2 saturated heterocycles. The summed E-state index contributed by atoms with van der Waals surface area (Å²) >= 11 is 6.55. The van der Waals surface area contributed by atoms with Gasteiger partial charge >= 0.3 is 6.09 Å². The van der Waals surface area contributed by atoms with Gasteiger partial charge in [0.2, 0.25) is 0 Å². The highest BCUT2D eigenvalue weighted by Crippen LogP contribution is 2.30. The van der Waals surface area contributed by atoms with Gasteiger partial charge in [-0.1, -0.05) is 48.0 Å². The first-order valence-electron chi connectivity index (χ1n) is 9.23. The minimum absolute atomic E-state index is 0.0695. The van der Waals surface area contributed by atoms with E-state index < -0.39 is 0 Å². The number of hydrogen-bond acceptors (Lipinski definition) is 3. The number of benzene rings is 2. The number of hydrogen-bond donors (Lipinski definition) is 1. The van der Waals surface area contributed by atoms with E-state index in [0.717, 1.165) is 34.7 Å². The van der Waals surface area contributed by atoms with Crippen molar-refractivity contribution in [3.8, 4) is 11.1 Å². The third-order valence-corrected chi connectivity index (χ3v) is 5.56. The molecule has 5 heteroatoms. The van der Waals surface area contributed by atoms with Crippen LogP contribution in [0.2, 0.25) is 5.02 Å². The van der Waals surface area contributed by atoms with E-state index in [1.165, 1.54) is 31.5 Å². The quantitative estimate of drug-likeness (QED) is 0.846. The maximum atomic E-state index is 11.2. The zero-order valence-corrected chi connectivity index (χ0v) is 15.5. The third-order valence-electron chi connectivity index (χ3n) is 5.25. The Kier molecular flexibility index (Phi) is 5.14. The second kappa shape index (κ2) is 7.68. The van der Waals surface area contributed by atoms with Crippen molar-refractivity contribution in [2.24, 2.45) is 0 Å². The molecule has 136 valence electrons. The van der Waals surface area contributed by atoms with Crippen molar-refractivity contribution in [3.63, 3.8) is 0 Å². The van der Waals surface area contributed by atoms with Crippen molar-refractivity contribution in [2.45, 2.75) is 25.3 Å². The number of halogens is 1. The highest BCUT2D eigenvalue weighted by molar-refractivity contribution is 6.33. The molecule has 26 heavy (non-hydrogen) atoms. The van der Waals surface area contributed by atoms with E-state index in [9.17, 15) is 4.79 Å². The number of cyclic esters (lactones) is 1. The molecule has 4 rings (SSSR count).